The van der Waals surface area contributed by atoms with Crippen LogP contribution in [0.1, 0.15) is 45.4 Å². The SMILES string of the molecule is C[C@H]1CCCN(c2nc(NC3CCCC3)c3ccccc3n2)C1. The second kappa shape index (κ2) is 6.34. The van der Waals surface area contributed by atoms with Gasteiger partial charge in [0.05, 0.1) is 5.52 Å². The van der Waals surface area contributed by atoms with Crippen molar-refractivity contribution in [2.75, 3.05) is 23.3 Å². The Labute approximate surface area is 138 Å². The molecule has 0 unspecified atom stereocenters. The second-order valence-corrected chi connectivity index (χ2v) is 7.21. The fourth-order valence-electron chi connectivity index (χ4n) is 3.95. The van der Waals surface area contributed by atoms with Crippen molar-refractivity contribution in [1.82, 2.24) is 9.97 Å². The van der Waals surface area contributed by atoms with E-state index in [0.29, 0.717) is 6.04 Å². The maximum atomic E-state index is 4.93. The van der Waals surface area contributed by atoms with Crippen LogP contribution in [0.25, 0.3) is 10.9 Å². The Balaban J connectivity index is 1.70. The summed E-state index contributed by atoms with van der Waals surface area (Å²) in [6.07, 6.45) is 7.73. The van der Waals surface area contributed by atoms with Crippen LogP contribution in [0, 0.1) is 5.92 Å². The zero-order valence-corrected chi connectivity index (χ0v) is 14.0. The number of hydrogen-bond acceptors (Lipinski definition) is 4. The first-order valence-electron chi connectivity index (χ1n) is 9.08. The number of fused-ring (bicyclic) bond motifs is 1. The molecule has 1 atom stereocenters. The monoisotopic (exact) mass is 310 g/mol. The molecule has 0 radical (unpaired) electrons. The van der Waals surface area contributed by atoms with Crippen molar-refractivity contribution >= 4 is 22.7 Å². The van der Waals surface area contributed by atoms with Gasteiger partial charge in [-0.1, -0.05) is 31.9 Å². The second-order valence-electron chi connectivity index (χ2n) is 7.21. The van der Waals surface area contributed by atoms with Gasteiger partial charge in [-0.25, -0.2) is 4.98 Å². The Hall–Kier alpha value is -1.84. The van der Waals surface area contributed by atoms with Crippen LogP contribution in [0.3, 0.4) is 0 Å². The van der Waals surface area contributed by atoms with Crippen LogP contribution >= 0.6 is 0 Å². The summed E-state index contributed by atoms with van der Waals surface area (Å²) in [5.41, 5.74) is 1.05. The molecule has 1 saturated heterocycles. The Kier molecular flexibility index (Phi) is 4.06. The van der Waals surface area contributed by atoms with E-state index in [4.69, 9.17) is 9.97 Å². The molecule has 0 spiro atoms. The van der Waals surface area contributed by atoms with Gasteiger partial charge in [-0.2, -0.15) is 4.98 Å². The molecule has 4 rings (SSSR count). The molecule has 2 aromatic rings. The third kappa shape index (κ3) is 3.12. The molecule has 23 heavy (non-hydrogen) atoms. The Morgan fingerprint density at radius 1 is 1.04 bits per heavy atom. The van der Waals surface area contributed by atoms with Gasteiger partial charge in [-0.15, -0.1) is 0 Å². The molecule has 1 aliphatic heterocycles. The van der Waals surface area contributed by atoms with Gasteiger partial charge in [0.25, 0.3) is 0 Å². The standard InChI is InChI=1S/C19H26N4/c1-14-7-6-12-23(13-14)19-21-17-11-5-4-10-16(17)18(22-19)20-15-8-2-3-9-15/h4-5,10-11,14-15H,2-3,6-9,12-13H2,1H3,(H,20,21,22)/t14-/m0/s1. The third-order valence-corrected chi connectivity index (χ3v) is 5.23. The lowest BCUT2D eigenvalue weighted by atomic mass is 10.0. The summed E-state index contributed by atoms with van der Waals surface area (Å²) < 4.78 is 0. The predicted octanol–water partition coefficient (Wildman–Crippen LogP) is 4.22. The molecular formula is C19H26N4. The molecule has 1 aromatic heterocycles. The van der Waals surface area contributed by atoms with Gasteiger partial charge in [0.2, 0.25) is 5.95 Å². The van der Waals surface area contributed by atoms with Crippen molar-refractivity contribution in [3.05, 3.63) is 24.3 Å². The van der Waals surface area contributed by atoms with Gasteiger partial charge in [0, 0.05) is 24.5 Å². The van der Waals surface area contributed by atoms with Crippen LogP contribution < -0.4 is 10.2 Å². The highest BCUT2D eigenvalue weighted by atomic mass is 15.3. The van der Waals surface area contributed by atoms with Gasteiger partial charge >= 0.3 is 0 Å². The molecule has 4 heteroatoms. The normalized spacial score (nSPS) is 22.7. The first-order valence-corrected chi connectivity index (χ1v) is 9.08. The van der Waals surface area contributed by atoms with E-state index in [1.807, 2.05) is 0 Å². The maximum Gasteiger partial charge on any atom is 0.227 e. The van der Waals surface area contributed by atoms with Crippen molar-refractivity contribution in [2.45, 2.75) is 51.5 Å². The van der Waals surface area contributed by atoms with Crippen LogP contribution in [0.5, 0.6) is 0 Å². The van der Waals surface area contributed by atoms with Gasteiger partial charge in [0.1, 0.15) is 5.82 Å². The molecule has 122 valence electrons. The molecular weight excluding hydrogens is 284 g/mol. The quantitative estimate of drug-likeness (QED) is 0.921. The molecule has 2 aliphatic rings. The summed E-state index contributed by atoms with van der Waals surface area (Å²) in [6, 6.07) is 8.95. The van der Waals surface area contributed by atoms with Crippen molar-refractivity contribution in [3.63, 3.8) is 0 Å². The summed E-state index contributed by atoms with van der Waals surface area (Å²) in [4.78, 5) is 12.1. The Morgan fingerprint density at radius 2 is 1.87 bits per heavy atom. The number of nitrogens with one attached hydrogen (secondary N) is 1. The van der Waals surface area contributed by atoms with E-state index in [1.54, 1.807) is 0 Å². The average molecular weight is 310 g/mol. The van der Waals surface area contributed by atoms with E-state index in [9.17, 15) is 0 Å². The number of nitrogens with zero attached hydrogens (tertiary/aromatic N) is 3. The number of hydrogen-bond donors (Lipinski definition) is 1. The van der Waals surface area contributed by atoms with Crippen molar-refractivity contribution < 1.29 is 0 Å². The van der Waals surface area contributed by atoms with E-state index in [0.717, 1.165) is 41.7 Å². The van der Waals surface area contributed by atoms with E-state index in [2.05, 4.69) is 41.4 Å². The summed E-state index contributed by atoms with van der Waals surface area (Å²) in [7, 11) is 0. The average Bonchev–Trinajstić information content (AvgIpc) is 3.08. The van der Waals surface area contributed by atoms with E-state index in [-0.39, 0.29) is 0 Å². The zero-order chi connectivity index (χ0) is 15.6. The first-order chi connectivity index (χ1) is 11.3. The first kappa shape index (κ1) is 14.7. The lowest BCUT2D eigenvalue weighted by Gasteiger charge is -2.31. The summed E-state index contributed by atoms with van der Waals surface area (Å²) in [5, 5.41) is 4.84. The zero-order valence-electron chi connectivity index (χ0n) is 14.0. The van der Waals surface area contributed by atoms with Crippen LogP contribution in [0.2, 0.25) is 0 Å². The minimum atomic E-state index is 0.571. The van der Waals surface area contributed by atoms with E-state index in [1.165, 1.54) is 38.5 Å². The molecule has 4 nitrogen and oxygen atoms in total. The third-order valence-electron chi connectivity index (χ3n) is 5.23. The molecule has 1 aliphatic carbocycles. The van der Waals surface area contributed by atoms with E-state index < -0.39 is 0 Å². The smallest absolute Gasteiger partial charge is 0.227 e. The van der Waals surface area contributed by atoms with Crippen LogP contribution in [-0.2, 0) is 0 Å². The fraction of sp³-hybridized carbons (Fsp3) is 0.579. The number of piperidine rings is 1. The van der Waals surface area contributed by atoms with Crippen LogP contribution in [-0.4, -0.2) is 29.1 Å². The van der Waals surface area contributed by atoms with Crippen molar-refractivity contribution in [2.24, 2.45) is 5.92 Å². The molecule has 1 N–H and O–H groups in total. The molecule has 1 saturated carbocycles. The number of para-hydroxylation sites is 1. The molecule has 1 aromatic carbocycles. The Bertz CT molecular complexity index is 678. The number of aromatic nitrogens is 2. The van der Waals surface area contributed by atoms with Gasteiger partial charge in [0.15, 0.2) is 0 Å². The van der Waals surface area contributed by atoms with Gasteiger partial charge < -0.3 is 10.2 Å². The van der Waals surface area contributed by atoms with Gasteiger partial charge in [-0.3, -0.25) is 0 Å². The number of rotatable bonds is 3. The summed E-state index contributed by atoms with van der Waals surface area (Å²) in [5.74, 6) is 2.65. The van der Waals surface area contributed by atoms with Gasteiger partial charge in [-0.05, 0) is 43.7 Å². The fourth-order valence-corrected chi connectivity index (χ4v) is 3.95. The van der Waals surface area contributed by atoms with Crippen molar-refractivity contribution in [3.8, 4) is 0 Å². The van der Waals surface area contributed by atoms with E-state index >= 15 is 0 Å². The van der Waals surface area contributed by atoms with Crippen molar-refractivity contribution in [1.29, 1.82) is 0 Å². The summed E-state index contributed by atoms with van der Waals surface area (Å²) >= 11 is 0. The molecule has 0 amide bonds. The highest BCUT2D eigenvalue weighted by Gasteiger charge is 2.21. The molecule has 2 heterocycles. The minimum absolute atomic E-state index is 0.571. The highest BCUT2D eigenvalue weighted by molar-refractivity contribution is 5.90. The number of benzene rings is 1. The largest absolute Gasteiger partial charge is 0.367 e. The predicted molar refractivity (Wildman–Crippen MR) is 96.0 cm³/mol. The summed E-state index contributed by atoms with van der Waals surface area (Å²) in [6.45, 7) is 4.47. The Morgan fingerprint density at radius 3 is 2.70 bits per heavy atom. The maximum absolute atomic E-state index is 4.93. The minimum Gasteiger partial charge on any atom is -0.367 e. The van der Waals surface area contributed by atoms with Crippen LogP contribution in [0.15, 0.2) is 24.3 Å². The topological polar surface area (TPSA) is 41.1 Å². The highest BCUT2D eigenvalue weighted by Crippen LogP contribution is 2.29. The molecule has 2 fully saturated rings. The van der Waals surface area contributed by atoms with Crippen LogP contribution in [0.4, 0.5) is 11.8 Å². The molecule has 0 bridgehead atoms. The lowest BCUT2D eigenvalue weighted by molar-refractivity contribution is 0.442. The number of anilines is 2. The lowest BCUT2D eigenvalue weighted by Crippen LogP contribution is -2.35.